The maximum absolute atomic E-state index is 13.6. The van der Waals surface area contributed by atoms with Crippen molar-refractivity contribution < 1.29 is 27.5 Å². The Morgan fingerprint density at radius 3 is 2.20 bits per heavy atom. The lowest BCUT2D eigenvalue weighted by Gasteiger charge is -2.24. The molecule has 0 aliphatic heterocycles. The Kier molecular flexibility index (Phi) is 11.0. The number of carbonyl (C=O) groups is 2. The van der Waals surface area contributed by atoms with Gasteiger partial charge in [0.15, 0.2) is 6.61 Å². The number of amides is 2. The average Bonchev–Trinajstić information content (AvgIpc) is 3.00. The average molecular weight is 635 g/mol. The fraction of sp³-hybridized carbons (Fsp3) is 0.156. The summed E-state index contributed by atoms with van der Waals surface area (Å²) in [5.41, 5.74) is 4.79. The van der Waals surface area contributed by atoms with Gasteiger partial charge in [-0.1, -0.05) is 35.4 Å². The Balaban J connectivity index is 1.36. The molecule has 0 unspecified atom stereocenters. The van der Waals surface area contributed by atoms with Crippen LogP contribution in [-0.2, 0) is 19.6 Å². The number of sulfonamides is 1. The molecule has 2 N–H and O–H groups in total. The van der Waals surface area contributed by atoms with Crippen LogP contribution in [0, 0.1) is 6.92 Å². The van der Waals surface area contributed by atoms with E-state index in [1.54, 1.807) is 84.9 Å². The molecule has 0 saturated carbocycles. The van der Waals surface area contributed by atoms with Gasteiger partial charge in [-0.05, 0) is 98.3 Å². The van der Waals surface area contributed by atoms with Crippen molar-refractivity contribution in [3.05, 3.63) is 113 Å². The summed E-state index contributed by atoms with van der Waals surface area (Å²) < 4.78 is 39.1. The molecule has 228 valence electrons. The van der Waals surface area contributed by atoms with Gasteiger partial charge in [0.2, 0.25) is 0 Å². The predicted octanol–water partition coefficient (Wildman–Crippen LogP) is 5.41. The molecule has 0 saturated heterocycles. The second-order valence-corrected chi connectivity index (χ2v) is 11.8. The van der Waals surface area contributed by atoms with Gasteiger partial charge in [-0.3, -0.25) is 13.9 Å². The van der Waals surface area contributed by atoms with Crippen molar-refractivity contribution in [2.45, 2.75) is 18.7 Å². The zero-order valence-corrected chi connectivity index (χ0v) is 25.6. The van der Waals surface area contributed by atoms with E-state index in [2.05, 4.69) is 15.8 Å². The first-order valence-electron chi connectivity index (χ1n) is 13.6. The number of aryl methyl sites for hydroxylation is 1. The lowest BCUT2D eigenvalue weighted by molar-refractivity contribution is -0.119. The largest absolute Gasteiger partial charge is 0.494 e. The molecule has 0 heterocycles. The molecule has 4 aromatic rings. The van der Waals surface area contributed by atoms with Crippen LogP contribution in [0.5, 0.6) is 11.5 Å². The van der Waals surface area contributed by atoms with Gasteiger partial charge in [-0.15, -0.1) is 0 Å². The van der Waals surface area contributed by atoms with Crippen LogP contribution in [-0.4, -0.2) is 46.2 Å². The summed E-state index contributed by atoms with van der Waals surface area (Å²) in [6.45, 7) is 3.45. The second-order valence-electron chi connectivity index (χ2n) is 9.46. The fourth-order valence-corrected chi connectivity index (χ4v) is 5.55. The SMILES string of the molecule is CCOc1ccc(N(CC(=O)N/N=C\c2ccc(OCC(=O)Nc3cccc(Cl)c3)cc2)S(=O)(=O)c2ccc(C)cc2)cc1. The number of hydrogen-bond acceptors (Lipinski definition) is 7. The molecule has 2 amide bonds. The highest BCUT2D eigenvalue weighted by molar-refractivity contribution is 7.92. The molecule has 0 aliphatic rings. The van der Waals surface area contributed by atoms with E-state index < -0.39 is 22.5 Å². The molecule has 0 fully saturated rings. The third-order valence-electron chi connectivity index (χ3n) is 6.09. The second kappa shape index (κ2) is 15.0. The van der Waals surface area contributed by atoms with Crippen molar-refractivity contribution in [1.29, 1.82) is 0 Å². The minimum Gasteiger partial charge on any atom is -0.494 e. The van der Waals surface area contributed by atoms with E-state index >= 15 is 0 Å². The van der Waals surface area contributed by atoms with Crippen molar-refractivity contribution in [1.82, 2.24) is 5.43 Å². The van der Waals surface area contributed by atoms with Crippen molar-refractivity contribution in [2.24, 2.45) is 5.10 Å². The van der Waals surface area contributed by atoms with E-state index in [9.17, 15) is 18.0 Å². The highest BCUT2D eigenvalue weighted by atomic mass is 35.5. The van der Waals surface area contributed by atoms with Crippen molar-refractivity contribution >= 4 is 51.0 Å². The maximum atomic E-state index is 13.6. The summed E-state index contributed by atoms with van der Waals surface area (Å²) in [7, 11) is -4.07. The summed E-state index contributed by atoms with van der Waals surface area (Å²) in [6.07, 6.45) is 1.41. The number of halogens is 1. The quantitative estimate of drug-likeness (QED) is 0.150. The summed E-state index contributed by atoms with van der Waals surface area (Å²) in [5.74, 6) is 0.0516. The Bertz CT molecular complexity index is 1710. The molecule has 44 heavy (non-hydrogen) atoms. The van der Waals surface area contributed by atoms with E-state index in [0.29, 0.717) is 40.1 Å². The smallest absolute Gasteiger partial charge is 0.264 e. The number of nitrogens with one attached hydrogen (secondary N) is 2. The van der Waals surface area contributed by atoms with Crippen LogP contribution in [0.3, 0.4) is 0 Å². The van der Waals surface area contributed by atoms with Crippen molar-refractivity contribution in [3.8, 4) is 11.5 Å². The summed E-state index contributed by atoms with van der Waals surface area (Å²) in [6, 6.07) is 26.3. The van der Waals surface area contributed by atoms with Gasteiger partial charge in [-0.25, -0.2) is 13.8 Å². The minimum atomic E-state index is -4.07. The number of hydrogen-bond donors (Lipinski definition) is 2. The monoisotopic (exact) mass is 634 g/mol. The standard InChI is InChI=1S/C32H31ClN4O6S/c1-3-42-28-15-11-27(12-16-28)37(44(40,41)30-17-7-23(2)8-18-30)21-31(38)36-34-20-24-9-13-29(14-10-24)43-22-32(39)35-26-6-4-5-25(33)19-26/h4-20H,3,21-22H2,1-2H3,(H,35,39)(H,36,38)/b34-20-. The number of benzene rings is 4. The first kappa shape index (κ1) is 32.1. The van der Waals surface area contributed by atoms with E-state index in [0.717, 1.165) is 9.87 Å². The van der Waals surface area contributed by atoms with Crippen LogP contribution in [0.4, 0.5) is 11.4 Å². The Labute approximate surface area is 261 Å². The Morgan fingerprint density at radius 2 is 1.55 bits per heavy atom. The lowest BCUT2D eigenvalue weighted by Crippen LogP contribution is -2.39. The predicted molar refractivity (Wildman–Crippen MR) is 171 cm³/mol. The molecule has 4 aromatic carbocycles. The van der Waals surface area contributed by atoms with Gasteiger partial charge in [0.25, 0.3) is 21.8 Å². The Hall–Kier alpha value is -4.87. The number of carbonyl (C=O) groups excluding carboxylic acids is 2. The molecule has 10 nitrogen and oxygen atoms in total. The minimum absolute atomic E-state index is 0.0533. The molecule has 0 bridgehead atoms. The Morgan fingerprint density at radius 1 is 0.886 bits per heavy atom. The van der Waals surface area contributed by atoms with Crippen molar-refractivity contribution in [2.75, 3.05) is 29.4 Å². The first-order chi connectivity index (χ1) is 21.1. The zero-order chi connectivity index (χ0) is 31.5. The molecule has 0 aliphatic carbocycles. The summed E-state index contributed by atoms with van der Waals surface area (Å²) >= 11 is 5.93. The molecular weight excluding hydrogens is 604 g/mol. The number of ether oxygens (including phenoxy) is 2. The molecule has 0 aromatic heterocycles. The van der Waals surface area contributed by atoms with Gasteiger partial charge in [0.1, 0.15) is 18.0 Å². The third-order valence-corrected chi connectivity index (χ3v) is 8.12. The van der Waals surface area contributed by atoms with Gasteiger partial charge < -0.3 is 14.8 Å². The highest BCUT2D eigenvalue weighted by Crippen LogP contribution is 2.26. The van der Waals surface area contributed by atoms with Gasteiger partial charge in [-0.2, -0.15) is 5.10 Å². The van der Waals surface area contributed by atoms with E-state index in [-0.39, 0.29) is 17.4 Å². The fourth-order valence-electron chi connectivity index (χ4n) is 3.93. The van der Waals surface area contributed by atoms with Crippen LogP contribution in [0.25, 0.3) is 0 Å². The number of rotatable bonds is 13. The third kappa shape index (κ3) is 9.06. The van der Waals surface area contributed by atoms with Crippen LogP contribution in [0.1, 0.15) is 18.1 Å². The highest BCUT2D eigenvalue weighted by Gasteiger charge is 2.27. The van der Waals surface area contributed by atoms with Crippen LogP contribution in [0.15, 0.2) is 107 Å². The van der Waals surface area contributed by atoms with Crippen molar-refractivity contribution in [3.63, 3.8) is 0 Å². The normalized spacial score (nSPS) is 11.2. The molecule has 0 radical (unpaired) electrons. The molecule has 0 spiro atoms. The summed E-state index contributed by atoms with van der Waals surface area (Å²) in [4.78, 5) is 25.1. The van der Waals surface area contributed by atoms with Gasteiger partial charge in [0, 0.05) is 10.7 Å². The van der Waals surface area contributed by atoms with Gasteiger partial charge >= 0.3 is 0 Å². The summed E-state index contributed by atoms with van der Waals surface area (Å²) in [5, 5.41) is 7.18. The zero-order valence-electron chi connectivity index (χ0n) is 24.1. The lowest BCUT2D eigenvalue weighted by atomic mass is 10.2. The number of anilines is 2. The topological polar surface area (TPSA) is 126 Å². The first-order valence-corrected chi connectivity index (χ1v) is 15.4. The van der Waals surface area contributed by atoms with E-state index in [4.69, 9.17) is 21.1 Å². The van der Waals surface area contributed by atoms with E-state index in [1.807, 2.05) is 13.8 Å². The maximum Gasteiger partial charge on any atom is 0.264 e. The number of nitrogens with zero attached hydrogens (tertiary/aromatic N) is 2. The molecule has 4 rings (SSSR count). The van der Waals surface area contributed by atoms with Crippen LogP contribution < -0.4 is 24.5 Å². The van der Waals surface area contributed by atoms with Crippen LogP contribution in [0.2, 0.25) is 5.02 Å². The number of hydrazone groups is 1. The molecular formula is C32H31ClN4O6S. The van der Waals surface area contributed by atoms with Gasteiger partial charge in [0.05, 0.1) is 23.4 Å². The van der Waals surface area contributed by atoms with E-state index in [1.165, 1.54) is 18.3 Å². The molecule has 12 heteroatoms. The van der Waals surface area contributed by atoms with Crippen LogP contribution >= 0.6 is 11.6 Å². The molecule has 0 atom stereocenters.